The molecular formula is C13H18BrN3O3S. The molecule has 1 aliphatic heterocycles. The second-order valence-corrected chi connectivity index (χ2v) is 8.39. The Morgan fingerprint density at radius 2 is 2.29 bits per heavy atom. The number of halogens is 1. The molecule has 1 aliphatic rings. The minimum absolute atomic E-state index is 0.0250. The largest absolute Gasteiger partial charge is 0.359 e. The molecule has 2 atom stereocenters. The molecule has 0 radical (unpaired) electrons. The monoisotopic (exact) mass is 375 g/mol. The van der Waals surface area contributed by atoms with Gasteiger partial charge in [-0.2, -0.15) is 0 Å². The number of sulfone groups is 1. The van der Waals surface area contributed by atoms with Crippen LogP contribution in [0.15, 0.2) is 22.8 Å². The molecule has 6 nitrogen and oxygen atoms in total. The van der Waals surface area contributed by atoms with Crippen LogP contribution in [-0.2, 0) is 14.6 Å². The third-order valence-corrected chi connectivity index (χ3v) is 5.68. The zero-order valence-corrected chi connectivity index (χ0v) is 14.1. The summed E-state index contributed by atoms with van der Waals surface area (Å²) in [7, 11) is -2.90. The van der Waals surface area contributed by atoms with E-state index < -0.39 is 15.9 Å². The first kappa shape index (κ1) is 16.2. The van der Waals surface area contributed by atoms with Crippen LogP contribution in [0.2, 0.25) is 0 Å². The van der Waals surface area contributed by atoms with Gasteiger partial charge in [0, 0.05) is 17.2 Å². The highest BCUT2D eigenvalue weighted by atomic mass is 79.9. The first-order valence-corrected chi connectivity index (χ1v) is 9.33. The lowest BCUT2D eigenvalue weighted by molar-refractivity contribution is -0.121. The molecule has 2 rings (SSSR count). The highest BCUT2D eigenvalue weighted by Gasteiger charge is 2.28. The minimum Gasteiger partial charge on any atom is -0.359 e. The summed E-state index contributed by atoms with van der Waals surface area (Å²) in [6, 6.07) is 3.18. The predicted octanol–water partition coefficient (Wildman–Crippen LogP) is 1.20. The molecule has 1 saturated heterocycles. The zero-order valence-electron chi connectivity index (χ0n) is 11.7. The van der Waals surface area contributed by atoms with Gasteiger partial charge in [-0.15, -0.1) is 0 Å². The van der Waals surface area contributed by atoms with Crippen molar-refractivity contribution in [3.63, 3.8) is 0 Å². The summed E-state index contributed by atoms with van der Waals surface area (Å²) >= 11 is 3.29. The average Bonchev–Trinajstić information content (AvgIpc) is 2.78. The van der Waals surface area contributed by atoms with Crippen LogP contribution < -0.4 is 10.6 Å². The summed E-state index contributed by atoms with van der Waals surface area (Å²) in [6.07, 6.45) is 2.27. The van der Waals surface area contributed by atoms with E-state index in [1.807, 2.05) is 6.07 Å². The molecule has 8 heteroatoms. The van der Waals surface area contributed by atoms with Crippen LogP contribution in [0.25, 0.3) is 0 Å². The Kier molecular flexibility index (Phi) is 5.21. The van der Waals surface area contributed by atoms with Crippen molar-refractivity contribution in [1.29, 1.82) is 0 Å². The second-order valence-electron chi connectivity index (χ2n) is 5.24. The molecule has 1 amide bonds. The summed E-state index contributed by atoms with van der Waals surface area (Å²) in [5.41, 5.74) is 0. The number of aromatic nitrogens is 1. The molecule has 2 N–H and O–H groups in total. The molecule has 0 saturated carbocycles. The lowest BCUT2D eigenvalue weighted by Crippen LogP contribution is -2.40. The first-order valence-electron chi connectivity index (χ1n) is 6.72. The number of anilines is 1. The van der Waals surface area contributed by atoms with Crippen molar-refractivity contribution in [2.45, 2.75) is 19.4 Å². The average molecular weight is 376 g/mol. The van der Waals surface area contributed by atoms with Gasteiger partial charge in [0.1, 0.15) is 11.9 Å². The van der Waals surface area contributed by atoms with Gasteiger partial charge in [0.05, 0.1) is 11.5 Å². The van der Waals surface area contributed by atoms with E-state index in [2.05, 4.69) is 31.5 Å². The highest BCUT2D eigenvalue weighted by molar-refractivity contribution is 9.10. The standard InChI is InChI=1S/C13H18BrN3O3S/c1-9(17-12-3-2-11(14)7-15-12)13(18)16-6-10-4-5-21(19,20)8-10/h2-3,7,9-10H,4-6,8H2,1H3,(H,15,17)(H,16,18). The van der Waals surface area contributed by atoms with E-state index in [-0.39, 0.29) is 23.3 Å². The van der Waals surface area contributed by atoms with Crippen molar-refractivity contribution in [1.82, 2.24) is 10.3 Å². The van der Waals surface area contributed by atoms with E-state index in [0.717, 1.165) is 4.47 Å². The van der Waals surface area contributed by atoms with E-state index in [1.54, 1.807) is 19.2 Å². The lowest BCUT2D eigenvalue weighted by Gasteiger charge is -2.16. The molecule has 0 bridgehead atoms. The summed E-state index contributed by atoms with van der Waals surface area (Å²) in [5, 5.41) is 5.79. The summed E-state index contributed by atoms with van der Waals surface area (Å²) in [5.74, 6) is 0.873. The van der Waals surface area contributed by atoms with Crippen LogP contribution in [-0.4, -0.2) is 43.4 Å². The molecule has 0 spiro atoms. The number of nitrogens with one attached hydrogen (secondary N) is 2. The van der Waals surface area contributed by atoms with Crippen LogP contribution in [0.1, 0.15) is 13.3 Å². The van der Waals surface area contributed by atoms with Gasteiger partial charge in [-0.05, 0) is 47.3 Å². The van der Waals surface area contributed by atoms with Crippen LogP contribution in [0.3, 0.4) is 0 Å². The molecule has 1 aromatic rings. The van der Waals surface area contributed by atoms with Gasteiger partial charge in [0.15, 0.2) is 9.84 Å². The van der Waals surface area contributed by atoms with Gasteiger partial charge in [-0.1, -0.05) is 0 Å². The molecule has 2 unspecified atom stereocenters. The normalized spacial score (nSPS) is 21.7. The number of hydrogen-bond donors (Lipinski definition) is 2. The second kappa shape index (κ2) is 6.74. The third-order valence-electron chi connectivity index (χ3n) is 3.38. The van der Waals surface area contributed by atoms with E-state index in [0.29, 0.717) is 18.8 Å². The van der Waals surface area contributed by atoms with Gasteiger partial charge in [0.2, 0.25) is 5.91 Å². The van der Waals surface area contributed by atoms with E-state index >= 15 is 0 Å². The van der Waals surface area contributed by atoms with E-state index in [1.165, 1.54) is 0 Å². The quantitative estimate of drug-likeness (QED) is 0.806. The Hall–Kier alpha value is -1.15. The Balaban J connectivity index is 1.79. The maximum absolute atomic E-state index is 12.0. The number of hydrogen-bond acceptors (Lipinski definition) is 5. The van der Waals surface area contributed by atoms with Gasteiger partial charge in [-0.3, -0.25) is 4.79 Å². The van der Waals surface area contributed by atoms with Gasteiger partial charge < -0.3 is 10.6 Å². The molecule has 0 aliphatic carbocycles. The molecule has 21 heavy (non-hydrogen) atoms. The van der Waals surface area contributed by atoms with E-state index in [4.69, 9.17) is 0 Å². The number of nitrogens with zero attached hydrogens (tertiary/aromatic N) is 1. The summed E-state index contributed by atoms with van der Waals surface area (Å²) < 4.78 is 23.6. The Bertz CT molecular complexity index is 604. The van der Waals surface area contributed by atoms with Crippen LogP contribution in [0.4, 0.5) is 5.82 Å². The predicted molar refractivity (Wildman–Crippen MR) is 84.8 cm³/mol. The molecule has 2 heterocycles. The fourth-order valence-electron chi connectivity index (χ4n) is 2.18. The van der Waals surface area contributed by atoms with Crippen molar-refractivity contribution >= 4 is 37.5 Å². The van der Waals surface area contributed by atoms with Crippen LogP contribution >= 0.6 is 15.9 Å². The van der Waals surface area contributed by atoms with Crippen molar-refractivity contribution in [3.05, 3.63) is 22.8 Å². The number of amides is 1. The van der Waals surface area contributed by atoms with Crippen molar-refractivity contribution in [2.24, 2.45) is 5.92 Å². The third kappa shape index (κ3) is 4.96. The van der Waals surface area contributed by atoms with Crippen LogP contribution in [0, 0.1) is 5.92 Å². The number of carbonyl (C=O) groups excluding carboxylic acids is 1. The lowest BCUT2D eigenvalue weighted by atomic mass is 10.1. The molecule has 116 valence electrons. The fourth-order valence-corrected chi connectivity index (χ4v) is 4.28. The van der Waals surface area contributed by atoms with E-state index in [9.17, 15) is 13.2 Å². The van der Waals surface area contributed by atoms with Crippen molar-refractivity contribution < 1.29 is 13.2 Å². The highest BCUT2D eigenvalue weighted by Crippen LogP contribution is 2.17. The summed E-state index contributed by atoms with van der Waals surface area (Å²) in [6.45, 7) is 2.14. The maximum Gasteiger partial charge on any atom is 0.242 e. The Morgan fingerprint density at radius 3 is 2.86 bits per heavy atom. The number of rotatable bonds is 5. The van der Waals surface area contributed by atoms with Gasteiger partial charge >= 0.3 is 0 Å². The first-order chi connectivity index (χ1) is 9.85. The molecule has 1 aromatic heterocycles. The smallest absolute Gasteiger partial charge is 0.242 e. The molecule has 1 fully saturated rings. The minimum atomic E-state index is -2.90. The van der Waals surface area contributed by atoms with Gasteiger partial charge in [-0.25, -0.2) is 13.4 Å². The van der Waals surface area contributed by atoms with Gasteiger partial charge in [0.25, 0.3) is 0 Å². The molecular weight excluding hydrogens is 358 g/mol. The van der Waals surface area contributed by atoms with Crippen molar-refractivity contribution in [3.8, 4) is 0 Å². The van der Waals surface area contributed by atoms with Crippen molar-refractivity contribution in [2.75, 3.05) is 23.4 Å². The number of carbonyl (C=O) groups is 1. The fraction of sp³-hybridized carbons (Fsp3) is 0.538. The van der Waals surface area contributed by atoms with Crippen LogP contribution in [0.5, 0.6) is 0 Å². The Morgan fingerprint density at radius 1 is 1.52 bits per heavy atom. The zero-order chi connectivity index (χ0) is 15.5. The summed E-state index contributed by atoms with van der Waals surface area (Å²) in [4.78, 5) is 16.1. The molecule has 0 aromatic carbocycles. The Labute approximate surface area is 132 Å². The SMILES string of the molecule is CC(Nc1ccc(Br)cn1)C(=O)NCC1CCS(=O)(=O)C1. The maximum atomic E-state index is 12.0. The topological polar surface area (TPSA) is 88.2 Å². The number of pyridine rings is 1.